The molecular formula is C24H34N8O4. The highest BCUT2D eigenvalue weighted by Gasteiger charge is 2.15. The summed E-state index contributed by atoms with van der Waals surface area (Å²) in [6, 6.07) is 0. The first-order chi connectivity index (χ1) is 17.2. The highest BCUT2D eigenvalue weighted by molar-refractivity contribution is 5.70. The number of nitrogens with zero attached hydrogens (tertiary/aromatic N) is 8. The minimum Gasteiger partial charge on any atom is -0.328 e. The van der Waals surface area contributed by atoms with Crippen LogP contribution in [0.4, 0.5) is 0 Å². The van der Waals surface area contributed by atoms with Crippen LogP contribution in [0.1, 0.15) is 51.4 Å². The molecule has 4 rings (SSSR count). The maximum absolute atomic E-state index is 12.7. The molecule has 0 aliphatic carbocycles. The molecule has 0 N–H and O–H groups in total. The Morgan fingerprint density at radius 2 is 1.11 bits per heavy atom. The summed E-state index contributed by atoms with van der Waals surface area (Å²) < 4.78 is 8.76. The van der Waals surface area contributed by atoms with E-state index in [1.54, 1.807) is 38.4 Å². The summed E-state index contributed by atoms with van der Waals surface area (Å²) in [5.74, 6) is 0. The molecule has 4 aromatic rings. The third-order valence-corrected chi connectivity index (χ3v) is 6.95. The lowest BCUT2D eigenvalue weighted by Gasteiger charge is -2.09. The highest BCUT2D eigenvalue weighted by Crippen LogP contribution is 2.12. The van der Waals surface area contributed by atoms with Gasteiger partial charge < -0.3 is 9.13 Å². The van der Waals surface area contributed by atoms with E-state index in [-0.39, 0.29) is 22.5 Å². The van der Waals surface area contributed by atoms with Crippen LogP contribution < -0.4 is 22.5 Å². The zero-order valence-corrected chi connectivity index (χ0v) is 21.4. The van der Waals surface area contributed by atoms with Gasteiger partial charge in [0, 0.05) is 41.3 Å². The zero-order valence-electron chi connectivity index (χ0n) is 21.4. The quantitative estimate of drug-likeness (QED) is 0.284. The number of aromatic nitrogens is 8. The summed E-state index contributed by atoms with van der Waals surface area (Å²) in [5.41, 5.74) is 0.464. The Balaban J connectivity index is 1.18. The Morgan fingerprint density at radius 3 is 1.78 bits per heavy atom. The molecule has 0 aromatic carbocycles. The van der Waals surface area contributed by atoms with Crippen molar-refractivity contribution in [2.75, 3.05) is 0 Å². The van der Waals surface area contributed by atoms with Crippen molar-refractivity contribution in [3.63, 3.8) is 0 Å². The Labute approximate surface area is 207 Å². The van der Waals surface area contributed by atoms with Gasteiger partial charge in [-0.25, -0.2) is 19.6 Å². The zero-order chi connectivity index (χ0) is 26.0. The van der Waals surface area contributed by atoms with Crippen LogP contribution in [0.3, 0.4) is 0 Å². The van der Waals surface area contributed by atoms with Crippen LogP contribution in [0.2, 0.25) is 0 Å². The van der Waals surface area contributed by atoms with Crippen LogP contribution in [0.5, 0.6) is 0 Å². The number of imidazole rings is 2. The van der Waals surface area contributed by atoms with Gasteiger partial charge in [-0.1, -0.05) is 38.5 Å². The normalized spacial score (nSPS) is 11.8. The lowest BCUT2D eigenvalue weighted by molar-refractivity contribution is 0.511. The van der Waals surface area contributed by atoms with E-state index in [1.807, 2.05) is 4.57 Å². The molecule has 4 heterocycles. The third kappa shape index (κ3) is 4.59. The standard InChI is InChI=1S/C24H34N8O4/c1-27-15-25-19-17(27)22(34)32(24(36)29(19)3)14-12-10-8-6-5-7-9-11-13-31-16-26-20-18(31)21(33)30(4)23(35)28(20)2/h15-16H,5-14H2,1-4H3. The Kier molecular flexibility index (Phi) is 7.41. The van der Waals surface area contributed by atoms with Gasteiger partial charge in [0.05, 0.1) is 12.7 Å². The van der Waals surface area contributed by atoms with E-state index in [1.165, 1.54) is 20.7 Å². The molecule has 12 heteroatoms. The monoisotopic (exact) mass is 498 g/mol. The minimum atomic E-state index is -0.373. The summed E-state index contributed by atoms with van der Waals surface area (Å²) in [7, 11) is 6.51. The van der Waals surface area contributed by atoms with Gasteiger partial charge in [0.25, 0.3) is 11.1 Å². The molecule has 0 fully saturated rings. The number of unbranched alkanes of at least 4 members (excludes halogenated alkanes) is 7. The molecule has 0 radical (unpaired) electrons. The molecule has 0 saturated carbocycles. The Bertz CT molecular complexity index is 1630. The summed E-state index contributed by atoms with van der Waals surface area (Å²) in [6.07, 6.45) is 11.3. The number of hydrogen-bond donors (Lipinski definition) is 0. The van der Waals surface area contributed by atoms with Crippen LogP contribution in [-0.4, -0.2) is 37.4 Å². The lowest BCUT2D eigenvalue weighted by Crippen LogP contribution is -2.39. The maximum Gasteiger partial charge on any atom is 0.332 e. The second kappa shape index (κ2) is 10.5. The van der Waals surface area contributed by atoms with Gasteiger partial charge >= 0.3 is 11.4 Å². The van der Waals surface area contributed by atoms with E-state index in [0.717, 1.165) is 55.9 Å². The topological polar surface area (TPSA) is 124 Å². The van der Waals surface area contributed by atoms with E-state index in [9.17, 15) is 19.2 Å². The summed E-state index contributed by atoms with van der Waals surface area (Å²) in [6.45, 7) is 1.10. The molecule has 0 aliphatic rings. The highest BCUT2D eigenvalue weighted by atomic mass is 16.2. The van der Waals surface area contributed by atoms with Crippen molar-refractivity contribution in [3.05, 3.63) is 54.3 Å². The first-order valence-corrected chi connectivity index (χ1v) is 12.5. The molecule has 0 unspecified atom stereocenters. The summed E-state index contributed by atoms with van der Waals surface area (Å²) in [5, 5.41) is 0. The molecule has 0 aliphatic heterocycles. The van der Waals surface area contributed by atoms with Crippen LogP contribution in [0.15, 0.2) is 31.8 Å². The van der Waals surface area contributed by atoms with Gasteiger partial charge in [-0.15, -0.1) is 0 Å². The SMILES string of the molecule is Cn1c(=O)c2c(ncn2CCCCCCCCCCn2c(=O)c3c(ncn3C)n(C)c2=O)n(C)c1=O. The molecular weight excluding hydrogens is 464 g/mol. The van der Waals surface area contributed by atoms with Gasteiger partial charge in [-0.3, -0.25) is 27.9 Å². The fourth-order valence-electron chi connectivity index (χ4n) is 4.77. The van der Waals surface area contributed by atoms with Crippen molar-refractivity contribution in [2.24, 2.45) is 28.2 Å². The largest absolute Gasteiger partial charge is 0.332 e. The van der Waals surface area contributed by atoms with Crippen molar-refractivity contribution in [1.82, 2.24) is 37.4 Å². The summed E-state index contributed by atoms with van der Waals surface area (Å²) >= 11 is 0. The van der Waals surface area contributed by atoms with Gasteiger partial charge in [0.2, 0.25) is 0 Å². The Hall–Kier alpha value is -3.70. The van der Waals surface area contributed by atoms with Crippen LogP contribution in [0, 0.1) is 0 Å². The van der Waals surface area contributed by atoms with E-state index in [2.05, 4.69) is 9.97 Å². The van der Waals surface area contributed by atoms with E-state index in [0.29, 0.717) is 35.4 Å². The number of hydrogen-bond acceptors (Lipinski definition) is 6. The molecule has 0 atom stereocenters. The third-order valence-electron chi connectivity index (χ3n) is 6.95. The van der Waals surface area contributed by atoms with Crippen LogP contribution in [0.25, 0.3) is 22.3 Å². The number of rotatable bonds is 11. The molecule has 0 amide bonds. The van der Waals surface area contributed by atoms with Gasteiger partial charge in [0.15, 0.2) is 22.3 Å². The molecule has 4 aromatic heterocycles. The van der Waals surface area contributed by atoms with E-state index in [4.69, 9.17) is 0 Å². The molecule has 12 nitrogen and oxygen atoms in total. The van der Waals surface area contributed by atoms with Crippen LogP contribution in [-0.2, 0) is 41.3 Å². The fourth-order valence-corrected chi connectivity index (χ4v) is 4.77. The van der Waals surface area contributed by atoms with Crippen molar-refractivity contribution in [3.8, 4) is 0 Å². The smallest absolute Gasteiger partial charge is 0.328 e. The molecule has 0 spiro atoms. The van der Waals surface area contributed by atoms with Crippen LogP contribution >= 0.6 is 0 Å². The van der Waals surface area contributed by atoms with E-state index < -0.39 is 0 Å². The fraction of sp³-hybridized carbons (Fsp3) is 0.583. The van der Waals surface area contributed by atoms with Crippen molar-refractivity contribution < 1.29 is 0 Å². The number of aryl methyl sites for hydroxylation is 4. The van der Waals surface area contributed by atoms with Crippen molar-refractivity contribution >= 4 is 22.3 Å². The van der Waals surface area contributed by atoms with Gasteiger partial charge in [0.1, 0.15) is 0 Å². The lowest BCUT2D eigenvalue weighted by atomic mass is 10.1. The Morgan fingerprint density at radius 1 is 0.583 bits per heavy atom. The van der Waals surface area contributed by atoms with Gasteiger partial charge in [-0.2, -0.15) is 0 Å². The average molecular weight is 499 g/mol. The predicted octanol–water partition coefficient (Wildman–Crippen LogP) is 1.00. The first-order valence-electron chi connectivity index (χ1n) is 12.5. The van der Waals surface area contributed by atoms with Gasteiger partial charge in [-0.05, 0) is 12.8 Å². The molecule has 0 saturated heterocycles. The first kappa shape index (κ1) is 25.4. The second-order valence-electron chi connectivity index (χ2n) is 9.47. The van der Waals surface area contributed by atoms with Crippen molar-refractivity contribution in [1.29, 1.82) is 0 Å². The second-order valence-corrected chi connectivity index (χ2v) is 9.47. The average Bonchev–Trinajstić information content (AvgIpc) is 3.47. The van der Waals surface area contributed by atoms with Crippen molar-refractivity contribution in [2.45, 2.75) is 64.5 Å². The predicted molar refractivity (Wildman–Crippen MR) is 137 cm³/mol. The van der Waals surface area contributed by atoms with E-state index >= 15 is 0 Å². The molecule has 0 bridgehead atoms. The number of fused-ring (bicyclic) bond motifs is 2. The maximum atomic E-state index is 12.7. The summed E-state index contributed by atoms with van der Waals surface area (Å²) in [4.78, 5) is 58.2. The minimum absolute atomic E-state index is 0.279. The molecule has 36 heavy (non-hydrogen) atoms. The molecule has 194 valence electrons.